The van der Waals surface area contributed by atoms with Gasteiger partial charge in [-0.25, -0.2) is 8.42 Å². The molecule has 1 unspecified atom stereocenters. The van der Waals surface area contributed by atoms with Crippen molar-refractivity contribution < 1.29 is 21.6 Å². The fraction of sp³-hybridized carbons (Fsp3) is 0.478. The van der Waals surface area contributed by atoms with Gasteiger partial charge in [0.05, 0.1) is 21.8 Å². The number of sulfonamides is 1. The Hall–Kier alpha value is -2.22. The van der Waals surface area contributed by atoms with Crippen LogP contribution in [0.15, 0.2) is 53.4 Å². The Morgan fingerprint density at radius 1 is 1.06 bits per heavy atom. The summed E-state index contributed by atoms with van der Waals surface area (Å²) in [6.45, 7) is 3.72. The van der Waals surface area contributed by atoms with E-state index in [1.807, 2.05) is 4.90 Å². The van der Waals surface area contributed by atoms with Gasteiger partial charge in [-0.2, -0.15) is 13.2 Å². The molecule has 0 bridgehead atoms. The van der Waals surface area contributed by atoms with E-state index in [0.717, 1.165) is 37.9 Å². The van der Waals surface area contributed by atoms with E-state index in [2.05, 4.69) is 11.6 Å². The number of benzene rings is 2. The van der Waals surface area contributed by atoms with Crippen LogP contribution in [0.2, 0.25) is 0 Å². The summed E-state index contributed by atoms with van der Waals surface area (Å²) in [4.78, 5) is 2.05. The third kappa shape index (κ3) is 4.54. The first kappa shape index (κ1) is 22.0. The second-order valence-corrected chi connectivity index (χ2v) is 10.6. The molecule has 2 fully saturated rings. The van der Waals surface area contributed by atoms with Crippen LogP contribution in [-0.4, -0.2) is 21.5 Å². The van der Waals surface area contributed by atoms with Crippen molar-refractivity contribution in [2.75, 3.05) is 22.7 Å². The highest BCUT2D eigenvalue weighted by Crippen LogP contribution is 2.48. The van der Waals surface area contributed by atoms with Crippen LogP contribution in [-0.2, 0) is 16.2 Å². The molecule has 1 heterocycles. The van der Waals surface area contributed by atoms with Crippen LogP contribution in [0.1, 0.15) is 44.6 Å². The Kier molecular flexibility index (Phi) is 5.70. The Balaban J connectivity index is 1.69. The van der Waals surface area contributed by atoms with Gasteiger partial charge in [-0.1, -0.05) is 38.0 Å². The Morgan fingerprint density at radius 3 is 2.52 bits per heavy atom. The molecular formula is C23H27F3N2O2S. The van der Waals surface area contributed by atoms with E-state index in [4.69, 9.17) is 0 Å². The van der Waals surface area contributed by atoms with E-state index in [0.29, 0.717) is 18.2 Å². The SMILES string of the molecule is CC12CCCC[C@H]1CN(c1ccc(C(F)(F)F)cc1NS(=O)(=O)c1ccccc1)CC2. The molecule has 0 amide bonds. The minimum absolute atomic E-state index is 0.0110. The number of alkyl halides is 3. The predicted octanol–water partition coefficient (Wildman–Crippen LogP) is 5.91. The van der Waals surface area contributed by atoms with Gasteiger partial charge in [-0.05, 0) is 60.9 Å². The van der Waals surface area contributed by atoms with E-state index >= 15 is 0 Å². The average molecular weight is 453 g/mol. The molecule has 2 aliphatic rings. The van der Waals surface area contributed by atoms with Crippen molar-refractivity contribution >= 4 is 21.4 Å². The van der Waals surface area contributed by atoms with Crippen LogP contribution in [0.3, 0.4) is 0 Å². The van der Waals surface area contributed by atoms with Crippen LogP contribution in [0, 0.1) is 11.3 Å². The highest BCUT2D eigenvalue weighted by molar-refractivity contribution is 7.92. The third-order valence-corrected chi connectivity index (χ3v) is 8.27. The molecule has 31 heavy (non-hydrogen) atoms. The maximum Gasteiger partial charge on any atom is 0.416 e. The number of fused-ring (bicyclic) bond motifs is 1. The third-order valence-electron chi connectivity index (χ3n) is 6.89. The minimum atomic E-state index is -4.56. The molecule has 1 aliphatic heterocycles. The minimum Gasteiger partial charge on any atom is -0.370 e. The number of anilines is 2. The largest absolute Gasteiger partial charge is 0.416 e. The summed E-state index contributed by atoms with van der Waals surface area (Å²) in [6, 6.07) is 11.0. The molecule has 8 heteroatoms. The predicted molar refractivity (Wildman–Crippen MR) is 116 cm³/mol. The molecule has 1 N–H and O–H groups in total. The van der Waals surface area contributed by atoms with Crippen molar-refractivity contribution in [3.8, 4) is 0 Å². The Bertz CT molecular complexity index is 1040. The molecule has 168 valence electrons. The lowest BCUT2D eigenvalue weighted by atomic mass is 9.64. The maximum absolute atomic E-state index is 13.4. The van der Waals surface area contributed by atoms with E-state index in [9.17, 15) is 21.6 Å². The topological polar surface area (TPSA) is 49.4 Å². The Morgan fingerprint density at radius 2 is 1.81 bits per heavy atom. The van der Waals surface area contributed by atoms with Crippen LogP contribution in [0.5, 0.6) is 0 Å². The lowest BCUT2D eigenvalue weighted by molar-refractivity contribution is -0.137. The van der Waals surface area contributed by atoms with Gasteiger partial charge < -0.3 is 4.90 Å². The summed E-state index contributed by atoms with van der Waals surface area (Å²) in [5, 5.41) is 0. The van der Waals surface area contributed by atoms with Crippen molar-refractivity contribution in [1.82, 2.24) is 0 Å². The first-order chi connectivity index (χ1) is 14.6. The van der Waals surface area contributed by atoms with Crippen molar-refractivity contribution in [2.45, 2.75) is 50.1 Å². The van der Waals surface area contributed by atoms with Crippen LogP contribution in [0.4, 0.5) is 24.5 Å². The maximum atomic E-state index is 13.4. The molecular weight excluding hydrogens is 425 g/mol. The molecule has 1 aliphatic carbocycles. The summed E-state index contributed by atoms with van der Waals surface area (Å²) in [5.41, 5.74) is -0.149. The number of halogens is 3. The zero-order chi connectivity index (χ0) is 22.3. The summed E-state index contributed by atoms with van der Waals surface area (Å²) in [7, 11) is -4.02. The quantitative estimate of drug-likeness (QED) is 0.627. The lowest BCUT2D eigenvalue weighted by Gasteiger charge is -2.49. The number of rotatable bonds is 4. The zero-order valence-corrected chi connectivity index (χ0v) is 18.3. The molecule has 0 radical (unpaired) electrons. The first-order valence-corrected chi connectivity index (χ1v) is 12.1. The standard InChI is InChI=1S/C23H27F3N2O2S/c1-22-12-6-5-7-18(22)16-28(14-13-22)21-11-10-17(23(24,25)26)15-20(21)27-31(29,30)19-8-3-2-4-9-19/h2-4,8-11,15,18,27H,5-7,12-14,16H2,1H3/t18-,22?/m0/s1. The molecule has 2 aromatic rings. The highest BCUT2D eigenvalue weighted by Gasteiger charge is 2.41. The van der Waals surface area contributed by atoms with Gasteiger partial charge in [0.15, 0.2) is 0 Å². The van der Waals surface area contributed by atoms with Crippen LogP contribution >= 0.6 is 0 Å². The molecule has 0 aromatic heterocycles. The fourth-order valence-electron chi connectivity index (χ4n) is 4.95. The number of hydrogen-bond acceptors (Lipinski definition) is 3. The molecule has 1 saturated heterocycles. The number of nitrogens with zero attached hydrogens (tertiary/aromatic N) is 1. The van der Waals surface area contributed by atoms with Gasteiger partial charge in [0.1, 0.15) is 0 Å². The van der Waals surface area contributed by atoms with E-state index < -0.39 is 21.8 Å². The summed E-state index contributed by atoms with van der Waals surface area (Å²) < 4.78 is 68.3. The van der Waals surface area contributed by atoms with Gasteiger partial charge in [0.25, 0.3) is 10.0 Å². The van der Waals surface area contributed by atoms with Gasteiger partial charge in [-0.15, -0.1) is 0 Å². The highest BCUT2D eigenvalue weighted by atomic mass is 32.2. The van der Waals surface area contributed by atoms with Crippen molar-refractivity contribution in [2.24, 2.45) is 11.3 Å². The lowest BCUT2D eigenvalue weighted by Crippen LogP contribution is -2.47. The molecule has 4 nitrogen and oxygen atoms in total. The number of piperidine rings is 1. The molecule has 4 rings (SSSR count). The smallest absolute Gasteiger partial charge is 0.370 e. The summed E-state index contributed by atoms with van der Waals surface area (Å²) >= 11 is 0. The zero-order valence-electron chi connectivity index (χ0n) is 17.5. The number of hydrogen-bond donors (Lipinski definition) is 1. The summed E-state index contributed by atoms with van der Waals surface area (Å²) in [6.07, 6.45) is 1.04. The second-order valence-electron chi connectivity index (χ2n) is 8.94. The van der Waals surface area contributed by atoms with Crippen LogP contribution in [0.25, 0.3) is 0 Å². The fourth-order valence-corrected chi connectivity index (χ4v) is 6.04. The van der Waals surface area contributed by atoms with Crippen molar-refractivity contribution in [3.63, 3.8) is 0 Å². The van der Waals surface area contributed by atoms with Crippen LogP contribution < -0.4 is 9.62 Å². The molecule has 0 spiro atoms. The van der Waals surface area contributed by atoms with Crippen molar-refractivity contribution in [1.29, 1.82) is 0 Å². The van der Waals surface area contributed by atoms with Crippen molar-refractivity contribution in [3.05, 3.63) is 54.1 Å². The molecule has 2 atom stereocenters. The summed E-state index contributed by atoms with van der Waals surface area (Å²) in [5.74, 6) is 0.455. The van der Waals surface area contributed by atoms with Gasteiger partial charge in [0, 0.05) is 13.1 Å². The van der Waals surface area contributed by atoms with Gasteiger partial charge >= 0.3 is 6.18 Å². The monoisotopic (exact) mass is 452 g/mol. The Labute approximate surface area is 181 Å². The first-order valence-electron chi connectivity index (χ1n) is 10.6. The van der Waals surface area contributed by atoms with E-state index in [-0.39, 0.29) is 16.0 Å². The van der Waals surface area contributed by atoms with E-state index in [1.165, 1.54) is 31.0 Å². The molecule has 1 saturated carbocycles. The second kappa shape index (κ2) is 8.04. The average Bonchev–Trinajstić information content (AvgIpc) is 2.73. The van der Waals surface area contributed by atoms with Gasteiger partial charge in [0.2, 0.25) is 0 Å². The van der Waals surface area contributed by atoms with Gasteiger partial charge in [-0.3, -0.25) is 4.72 Å². The number of nitrogens with one attached hydrogen (secondary N) is 1. The normalized spacial score (nSPS) is 24.5. The molecule has 2 aromatic carbocycles. The van der Waals surface area contributed by atoms with E-state index in [1.54, 1.807) is 18.2 Å².